The third-order valence-electron chi connectivity index (χ3n) is 4.28. The lowest BCUT2D eigenvalue weighted by molar-refractivity contribution is 0.393. The third-order valence-corrected chi connectivity index (χ3v) is 5.36. The topological polar surface area (TPSA) is 64.5 Å². The highest BCUT2D eigenvalue weighted by molar-refractivity contribution is 7.99. The molecule has 0 radical (unpaired) electrons. The lowest BCUT2D eigenvalue weighted by atomic mass is 10.1. The van der Waals surface area contributed by atoms with Crippen LogP contribution in [0.4, 0.5) is 0 Å². The van der Waals surface area contributed by atoms with E-state index in [4.69, 9.17) is 0 Å². The molecule has 1 atom stereocenters. The molecule has 2 aromatic rings. The van der Waals surface area contributed by atoms with Gasteiger partial charge in [0.25, 0.3) is 0 Å². The van der Waals surface area contributed by atoms with Gasteiger partial charge < -0.3 is 20.8 Å². The van der Waals surface area contributed by atoms with E-state index in [2.05, 4.69) is 41.0 Å². The summed E-state index contributed by atoms with van der Waals surface area (Å²) in [5, 5.41) is 26.3. The molecule has 0 spiro atoms. The van der Waals surface area contributed by atoms with E-state index in [1.54, 1.807) is 6.07 Å². The molecule has 0 aliphatic rings. The Morgan fingerprint density at radius 1 is 0.923 bits per heavy atom. The van der Waals surface area contributed by atoms with E-state index in [-0.39, 0.29) is 17.5 Å². The number of hydrogen-bond donors (Lipinski definition) is 4. The highest BCUT2D eigenvalue weighted by atomic mass is 32.2. The van der Waals surface area contributed by atoms with Crippen LogP contribution in [0.2, 0.25) is 0 Å². The van der Waals surface area contributed by atoms with E-state index in [9.17, 15) is 10.2 Å². The van der Waals surface area contributed by atoms with Crippen LogP contribution in [0.5, 0.6) is 11.5 Å². The van der Waals surface area contributed by atoms with Gasteiger partial charge in [-0.1, -0.05) is 42.5 Å². The third kappa shape index (κ3) is 7.28. The lowest BCUT2D eigenvalue weighted by Gasteiger charge is -2.16. The molecule has 4 nitrogen and oxygen atoms in total. The summed E-state index contributed by atoms with van der Waals surface area (Å²) in [6.45, 7) is 4.96. The van der Waals surface area contributed by atoms with Gasteiger partial charge in [0.05, 0.1) is 0 Å². The van der Waals surface area contributed by atoms with Crippen LogP contribution in [0.25, 0.3) is 0 Å². The van der Waals surface area contributed by atoms with E-state index in [0.29, 0.717) is 0 Å². The fraction of sp³-hybridized carbons (Fsp3) is 0.429. The first-order chi connectivity index (χ1) is 12.7. The number of para-hydroxylation sites is 1. The maximum Gasteiger partial charge on any atom is 0.162 e. The number of hydrogen-bond acceptors (Lipinski definition) is 5. The molecule has 0 saturated carbocycles. The van der Waals surface area contributed by atoms with E-state index >= 15 is 0 Å². The van der Waals surface area contributed by atoms with Crippen LogP contribution in [0.15, 0.2) is 48.5 Å². The molecule has 0 heterocycles. The maximum absolute atomic E-state index is 9.88. The minimum absolute atomic E-state index is 0.0201. The van der Waals surface area contributed by atoms with Crippen molar-refractivity contribution >= 4 is 11.8 Å². The molecular formula is C21H30N2O2S. The zero-order chi connectivity index (χ0) is 18.6. The zero-order valence-corrected chi connectivity index (χ0v) is 16.3. The largest absolute Gasteiger partial charge is 0.504 e. The quantitative estimate of drug-likeness (QED) is 0.337. The molecule has 142 valence electrons. The van der Waals surface area contributed by atoms with Gasteiger partial charge >= 0.3 is 0 Å². The Kier molecular flexibility index (Phi) is 9.39. The van der Waals surface area contributed by atoms with Crippen LogP contribution in [0.3, 0.4) is 0 Å². The van der Waals surface area contributed by atoms with Gasteiger partial charge in [-0.15, -0.1) is 0 Å². The average Bonchev–Trinajstić information content (AvgIpc) is 2.66. The first-order valence-electron chi connectivity index (χ1n) is 9.25. The summed E-state index contributed by atoms with van der Waals surface area (Å²) in [5.41, 5.74) is 2.12. The predicted octanol–water partition coefficient (Wildman–Crippen LogP) is 3.70. The van der Waals surface area contributed by atoms with Crippen molar-refractivity contribution in [1.29, 1.82) is 0 Å². The van der Waals surface area contributed by atoms with E-state index < -0.39 is 0 Å². The highest BCUT2D eigenvalue weighted by Crippen LogP contribution is 2.32. The van der Waals surface area contributed by atoms with E-state index in [1.165, 1.54) is 11.6 Å². The van der Waals surface area contributed by atoms with Crippen molar-refractivity contribution in [3.63, 3.8) is 0 Å². The fourth-order valence-electron chi connectivity index (χ4n) is 2.75. The first kappa shape index (κ1) is 20.6. The second-order valence-corrected chi connectivity index (χ2v) is 7.57. The zero-order valence-electron chi connectivity index (χ0n) is 15.4. The van der Waals surface area contributed by atoms with Crippen LogP contribution >= 0.6 is 11.8 Å². The van der Waals surface area contributed by atoms with Crippen LogP contribution in [-0.4, -0.2) is 41.4 Å². The molecule has 0 saturated heterocycles. The van der Waals surface area contributed by atoms with E-state index in [0.717, 1.165) is 49.5 Å². The van der Waals surface area contributed by atoms with Gasteiger partial charge in [-0.25, -0.2) is 0 Å². The number of aromatic hydroxyl groups is 2. The average molecular weight is 375 g/mol. The molecule has 5 heteroatoms. The molecule has 4 N–H and O–H groups in total. The number of thioether (sulfide) groups is 1. The summed E-state index contributed by atoms with van der Waals surface area (Å²) in [5.74, 6) is 2.15. The molecule has 26 heavy (non-hydrogen) atoms. The van der Waals surface area contributed by atoms with Gasteiger partial charge in [0.2, 0.25) is 0 Å². The summed E-state index contributed by atoms with van der Waals surface area (Å²) >= 11 is 1.96. The van der Waals surface area contributed by atoms with Gasteiger partial charge in [0.15, 0.2) is 11.5 Å². The Balaban J connectivity index is 1.46. The van der Waals surface area contributed by atoms with Crippen molar-refractivity contribution in [1.82, 2.24) is 10.6 Å². The molecule has 0 aliphatic carbocycles. The van der Waals surface area contributed by atoms with Crippen LogP contribution in [0.1, 0.15) is 30.5 Å². The van der Waals surface area contributed by atoms with Crippen LogP contribution < -0.4 is 10.6 Å². The Morgan fingerprint density at radius 3 is 2.54 bits per heavy atom. The van der Waals surface area contributed by atoms with Gasteiger partial charge in [0, 0.05) is 23.9 Å². The number of phenolic OH excluding ortho intramolecular Hbond substituents is 2. The first-order valence-corrected chi connectivity index (χ1v) is 10.4. The normalized spacial score (nSPS) is 12.2. The molecule has 0 aliphatic heterocycles. The number of nitrogens with one attached hydrogen (secondary N) is 2. The fourth-order valence-corrected chi connectivity index (χ4v) is 3.59. The summed E-state index contributed by atoms with van der Waals surface area (Å²) < 4.78 is 0. The Bertz CT molecular complexity index is 637. The second-order valence-electron chi connectivity index (χ2n) is 6.34. The van der Waals surface area contributed by atoms with Crippen LogP contribution in [-0.2, 0) is 6.42 Å². The molecule has 0 aromatic heterocycles. The van der Waals surface area contributed by atoms with Crippen LogP contribution in [0, 0.1) is 0 Å². The van der Waals surface area contributed by atoms with Crippen molar-refractivity contribution in [3.8, 4) is 11.5 Å². The molecule has 0 bridgehead atoms. The summed E-state index contributed by atoms with van der Waals surface area (Å²) in [4.78, 5) is 0. The van der Waals surface area contributed by atoms with Crippen molar-refractivity contribution in [2.45, 2.75) is 25.8 Å². The van der Waals surface area contributed by atoms with Gasteiger partial charge in [-0.2, -0.15) is 11.8 Å². The Hall–Kier alpha value is -1.69. The Morgan fingerprint density at radius 2 is 1.73 bits per heavy atom. The molecular weight excluding hydrogens is 344 g/mol. The maximum atomic E-state index is 9.88. The predicted molar refractivity (Wildman–Crippen MR) is 111 cm³/mol. The number of benzene rings is 2. The molecule has 1 unspecified atom stereocenters. The summed E-state index contributed by atoms with van der Waals surface area (Å²) in [7, 11) is 0. The summed E-state index contributed by atoms with van der Waals surface area (Å²) in [6, 6.07) is 15.7. The minimum atomic E-state index is -0.0635. The number of phenols is 2. The van der Waals surface area contributed by atoms with Gasteiger partial charge in [0.1, 0.15) is 0 Å². The van der Waals surface area contributed by atoms with Gasteiger partial charge in [-0.3, -0.25) is 0 Å². The second kappa shape index (κ2) is 11.8. The monoisotopic (exact) mass is 374 g/mol. The molecule has 2 aromatic carbocycles. The Labute approximate surface area is 161 Å². The number of rotatable bonds is 12. The van der Waals surface area contributed by atoms with E-state index in [1.807, 2.05) is 24.8 Å². The molecule has 0 fully saturated rings. The summed E-state index contributed by atoms with van der Waals surface area (Å²) in [6.07, 6.45) is 2.16. The van der Waals surface area contributed by atoms with Gasteiger partial charge in [-0.05, 0) is 50.2 Å². The molecule has 2 rings (SSSR count). The van der Waals surface area contributed by atoms with Crippen molar-refractivity contribution in [2.75, 3.05) is 31.1 Å². The van der Waals surface area contributed by atoms with Crippen molar-refractivity contribution in [3.05, 3.63) is 59.7 Å². The highest BCUT2D eigenvalue weighted by Gasteiger charge is 2.12. The smallest absolute Gasteiger partial charge is 0.162 e. The standard InChI is InChI=1S/C21H30N2O2S/c1-17(19-9-5-10-20(24)21(19)25)23-12-6-15-26-16-14-22-13-11-18-7-3-2-4-8-18/h2-5,7-10,17,22-25H,6,11-16H2,1H3. The van der Waals surface area contributed by atoms with Crippen molar-refractivity contribution in [2.24, 2.45) is 0 Å². The van der Waals surface area contributed by atoms with Crippen molar-refractivity contribution < 1.29 is 10.2 Å². The lowest BCUT2D eigenvalue weighted by Crippen LogP contribution is -2.21. The SMILES string of the molecule is CC(NCCCSCCNCCc1ccccc1)c1cccc(O)c1O. The molecule has 0 amide bonds. The minimum Gasteiger partial charge on any atom is -0.504 e.